The number of rotatable bonds is 6. The molecule has 0 unspecified atom stereocenters. The molecule has 0 aliphatic carbocycles. The van der Waals surface area contributed by atoms with Crippen LogP contribution >= 0.6 is 0 Å². The Bertz CT molecular complexity index is 1480. The molecule has 0 atom stereocenters. The van der Waals surface area contributed by atoms with E-state index in [1.54, 1.807) is 30.3 Å². The molecule has 2 fully saturated rings. The molecule has 4 N–H and O–H groups in total. The van der Waals surface area contributed by atoms with Crippen molar-refractivity contribution >= 4 is 45.9 Å². The Hall–Kier alpha value is -4.60. The number of phenolic OH excluding ortho intramolecular Hbond substituents is 2. The minimum absolute atomic E-state index is 0.0483. The van der Waals surface area contributed by atoms with Gasteiger partial charge >= 0.3 is 0 Å². The number of hydrogen-bond donors (Lipinski definition) is 4. The number of fused-ring (bicyclic) bond motifs is 1. The van der Waals surface area contributed by atoms with E-state index >= 15 is 0 Å². The summed E-state index contributed by atoms with van der Waals surface area (Å²) >= 11 is 0. The lowest BCUT2D eigenvalue weighted by Crippen LogP contribution is -2.34. The highest BCUT2D eigenvalue weighted by molar-refractivity contribution is 6.09. The molecule has 2 aliphatic rings. The maximum atomic E-state index is 12.9. The fraction of sp³-hybridized carbons (Fsp3) is 0.333. The van der Waals surface area contributed by atoms with Gasteiger partial charge < -0.3 is 30.6 Å². The maximum absolute atomic E-state index is 12.9. The minimum atomic E-state index is -0.446. The first-order chi connectivity index (χ1) is 19.5. The number of nitrogens with one attached hydrogen (secondary N) is 2. The molecule has 3 aromatic carbocycles. The minimum Gasteiger partial charge on any atom is -0.507 e. The second-order valence-corrected chi connectivity index (χ2v) is 10.4. The van der Waals surface area contributed by atoms with Gasteiger partial charge in [0.15, 0.2) is 0 Å². The van der Waals surface area contributed by atoms with Crippen LogP contribution in [-0.2, 0) is 0 Å². The topological polar surface area (TPSA) is 127 Å². The van der Waals surface area contributed by atoms with E-state index in [0.717, 1.165) is 57.5 Å². The number of benzene rings is 3. The number of anilines is 5. The van der Waals surface area contributed by atoms with E-state index in [2.05, 4.69) is 20.4 Å². The average molecular weight is 540 g/mol. The van der Waals surface area contributed by atoms with E-state index in [0.29, 0.717) is 34.3 Å². The highest BCUT2D eigenvalue weighted by Gasteiger charge is 2.21. The predicted octanol–water partition coefficient (Wildman–Crippen LogP) is 5.41. The largest absolute Gasteiger partial charge is 0.507 e. The molecule has 2 aliphatic heterocycles. The van der Waals surface area contributed by atoms with Gasteiger partial charge in [-0.2, -0.15) is 15.0 Å². The average Bonchev–Trinajstić information content (AvgIpc) is 2.99. The first-order valence-electron chi connectivity index (χ1n) is 13.9. The molecule has 10 nitrogen and oxygen atoms in total. The zero-order chi connectivity index (χ0) is 27.5. The molecule has 10 heteroatoms. The van der Waals surface area contributed by atoms with Crippen LogP contribution in [-0.4, -0.2) is 57.3 Å². The van der Waals surface area contributed by atoms with Crippen molar-refractivity contribution in [1.82, 2.24) is 15.0 Å². The number of piperidine rings is 2. The van der Waals surface area contributed by atoms with E-state index in [1.165, 1.54) is 25.0 Å². The number of carbonyl (C=O) groups is 1. The van der Waals surface area contributed by atoms with Gasteiger partial charge in [0.05, 0.1) is 5.56 Å². The summed E-state index contributed by atoms with van der Waals surface area (Å²) in [6.07, 6.45) is 7.03. The van der Waals surface area contributed by atoms with Gasteiger partial charge in [0.1, 0.15) is 11.5 Å². The number of hydrogen-bond acceptors (Lipinski definition) is 9. The third-order valence-corrected chi connectivity index (χ3v) is 7.51. The highest BCUT2D eigenvalue weighted by atomic mass is 16.3. The third kappa shape index (κ3) is 5.56. The van der Waals surface area contributed by atoms with Crippen LogP contribution in [0.5, 0.6) is 11.5 Å². The summed E-state index contributed by atoms with van der Waals surface area (Å²) in [6, 6.07) is 15.2. The molecule has 40 heavy (non-hydrogen) atoms. The van der Waals surface area contributed by atoms with Crippen molar-refractivity contribution in [1.29, 1.82) is 0 Å². The van der Waals surface area contributed by atoms with Gasteiger partial charge in [-0.25, -0.2) is 0 Å². The summed E-state index contributed by atoms with van der Waals surface area (Å²) < 4.78 is 0. The molecule has 0 saturated carbocycles. The first kappa shape index (κ1) is 25.7. The summed E-state index contributed by atoms with van der Waals surface area (Å²) in [6.45, 7) is 3.80. The Morgan fingerprint density at radius 1 is 0.700 bits per heavy atom. The fourth-order valence-electron chi connectivity index (χ4n) is 5.32. The summed E-state index contributed by atoms with van der Waals surface area (Å²) in [5.74, 6) is 1.33. The fourth-order valence-corrected chi connectivity index (χ4v) is 5.32. The lowest BCUT2D eigenvalue weighted by molar-refractivity contribution is 0.102. The standard InChI is InChI=1S/C30H33N7O3/c38-25-9-7-8-20-18-24(26(39)19-23(20)25)27(40)31-21-10-12-22(13-11-21)32-28-33-29(36-14-3-1-4-15-36)35-30(34-28)37-16-5-2-6-17-37/h7-13,18-19,38-39H,1-6,14-17H2,(H,31,40)(H,32,33,34,35). The van der Waals surface area contributed by atoms with Crippen LogP contribution in [0.4, 0.5) is 29.2 Å². The van der Waals surface area contributed by atoms with Crippen LogP contribution in [0.2, 0.25) is 0 Å². The molecule has 6 rings (SSSR count). The van der Waals surface area contributed by atoms with Gasteiger partial charge in [-0.15, -0.1) is 0 Å². The third-order valence-electron chi connectivity index (χ3n) is 7.51. The first-order valence-corrected chi connectivity index (χ1v) is 13.9. The Morgan fingerprint density at radius 3 is 1.93 bits per heavy atom. The molecule has 206 valence electrons. The summed E-state index contributed by atoms with van der Waals surface area (Å²) in [5.41, 5.74) is 1.48. The Balaban J connectivity index is 1.19. The molecule has 3 heterocycles. The second-order valence-electron chi connectivity index (χ2n) is 10.4. The zero-order valence-corrected chi connectivity index (χ0v) is 22.3. The van der Waals surface area contributed by atoms with Gasteiger partial charge in [-0.3, -0.25) is 4.79 Å². The maximum Gasteiger partial charge on any atom is 0.259 e. The van der Waals surface area contributed by atoms with E-state index in [-0.39, 0.29) is 17.1 Å². The van der Waals surface area contributed by atoms with Crippen molar-refractivity contribution in [3.8, 4) is 11.5 Å². The zero-order valence-electron chi connectivity index (χ0n) is 22.3. The SMILES string of the molecule is O=C(Nc1ccc(Nc2nc(N3CCCCC3)nc(N3CCCCC3)n2)cc1)c1cc2cccc(O)c2cc1O. The number of carbonyl (C=O) groups excluding carboxylic acids is 1. The van der Waals surface area contributed by atoms with Gasteiger partial charge in [-0.1, -0.05) is 12.1 Å². The normalized spacial score (nSPS) is 15.7. The Kier molecular flexibility index (Phi) is 7.22. The van der Waals surface area contributed by atoms with Crippen molar-refractivity contribution in [2.45, 2.75) is 38.5 Å². The number of phenols is 2. The van der Waals surface area contributed by atoms with Crippen LogP contribution in [0.1, 0.15) is 48.9 Å². The van der Waals surface area contributed by atoms with Crippen molar-refractivity contribution in [2.24, 2.45) is 0 Å². The Morgan fingerprint density at radius 2 is 1.30 bits per heavy atom. The van der Waals surface area contributed by atoms with Crippen LogP contribution in [0, 0.1) is 0 Å². The molecule has 2 saturated heterocycles. The number of aromatic nitrogens is 3. The number of aromatic hydroxyl groups is 2. The van der Waals surface area contributed by atoms with Crippen molar-refractivity contribution in [2.75, 3.05) is 46.6 Å². The number of nitrogens with zero attached hydrogens (tertiary/aromatic N) is 5. The van der Waals surface area contributed by atoms with Crippen LogP contribution in [0.3, 0.4) is 0 Å². The Labute approximate surface area is 232 Å². The van der Waals surface area contributed by atoms with Crippen LogP contribution in [0.15, 0.2) is 54.6 Å². The van der Waals surface area contributed by atoms with Gasteiger partial charge in [0.25, 0.3) is 5.91 Å². The van der Waals surface area contributed by atoms with Crippen molar-refractivity contribution < 1.29 is 15.0 Å². The van der Waals surface area contributed by atoms with Crippen LogP contribution in [0.25, 0.3) is 10.8 Å². The molecule has 0 spiro atoms. The summed E-state index contributed by atoms with van der Waals surface area (Å²) in [7, 11) is 0. The lowest BCUT2D eigenvalue weighted by atomic mass is 10.0. The molecular formula is C30H33N7O3. The van der Waals surface area contributed by atoms with E-state index in [4.69, 9.17) is 15.0 Å². The monoisotopic (exact) mass is 539 g/mol. The molecule has 0 radical (unpaired) electrons. The smallest absolute Gasteiger partial charge is 0.259 e. The van der Waals surface area contributed by atoms with Crippen molar-refractivity contribution in [3.63, 3.8) is 0 Å². The molecule has 0 bridgehead atoms. The molecular weight excluding hydrogens is 506 g/mol. The van der Waals surface area contributed by atoms with E-state index in [1.807, 2.05) is 12.1 Å². The lowest BCUT2D eigenvalue weighted by Gasteiger charge is -2.30. The molecule has 1 amide bonds. The predicted molar refractivity (Wildman–Crippen MR) is 157 cm³/mol. The molecule has 4 aromatic rings. The summed E-state index contributed by atoms with van der Waals surface area (Å²) in [5, 5.41) is 27.7. The van der Waals surface area contributed by atoms with Gasteiger partial charge in [0.2, 0.25) is 17.8 Å². The van der Waals surface area contributed by atoms with E-state index < -0.39 is 5.91 Å². The highest BCUT2D eigenvalue weighted by Crippen LogP contribution is 2.31. The number of amides is 1. The van der Waals surface area contributed by atoms with Crippen molar-refractivity contribution in [3.05, 3.63) is 60.2 Å². The molecule has 1 aromatic heterocycles. The second kappa shape index (κ2) is 11.3. The summed E-state index contributed by atoms with van der Waals surface area (Å²) in [4.78, 5) is 31.7. The van der Waals surface area contributed by atoms with E-state index in [9.17, 15) is 15.0 Å². The van der Waals surface area contributed by atoms with Crippen LogP contribution < -0.4 is 20.4 Å². The quantitative estimate of drug-likeness (QED) is 0.254. The van der Waals surface area contributed by atoms with Gasteiger partial charge in [0, 0.05) is 42.9 Å². The van der Waals surface area contributed by atoms with Gasteiger partial charge in [-0.05, 0) is 86.4 Å².